The predicted octanol–water partition coefficient (Wildman–Crippen LogP) is 9.86. The molecule has 0 heterocycles. The zero-order valence-electron chi connectivity index (χ0n) is 22.8. The molecule has 0 amide bonds. The Bertz CT molecular complexity index is 729. The van der Waals surface area contributed by atoms with Crippen LogP contribution in [0.1, 0.15) is 141 Å². The number of esters is 1. The Balaban J connectivity index is 1.16. The van der Waals surface area contributed by atoms with Crippen LogP contribution in [-0.2, 0) is 4.79 Å². The van der Waals surface area contributed by atoms with E-state index in [0.29, 0.717) is 5.92 Å². The monoisotopic (exact) mass is 480 g/mol. The largest absolute Gasteiger partial charge is 0.426 e. The number of hydrogen-bond acceptors (Lipinski definition) is 2. The van der Waals surface area contributed by atoms with Gasteiger partial charge in [0.15, 0.2) is 0 Å². The molecular weight excluding hydrogens is 428 g/mol. The average molecular weight is 481 g/mol. The van der Waals surface area contributed by atoms with Crippen molar-refractivity contribution in [3.63, 3.8) is 0 Å². The third-order valence-corrected chi connectivity index (χ3v) is 9.99. The van der Waals surface area contributed by atoms with Crippen molar-refractivity contribution in [2.75, 3.05) is 0 Å². The molecule has 3 aliphatic rings. The molecule has 2 heteroatoms. The quantitative estimate of drug-likeness (QED) is 0.189. The van der Waals surface area contributed by atoms with Gasteiger partial charge in [-0.1, -0.05) is 77.3 Å². The number of carbonyl (C=O) groups excluding carboxylic acids is 1. The van der Waals surface area contributed by atoms with E-state index in [1.165, 1.54) is 108 Å². The van der Waals surface area contributed by atoms with E-state index in [4.69, 9.17) is 4.74 Å². The first-order chi connectivity index (χ1) is 17.2. The fraction of sp³-hybridized carbons (Fsp3) is 0.788. The second-order valence-corrected chi connectivity index (χ2v) is 12.4. The van der Waals surface area contributed by atoms with Gasteiger partial charge in [-0.3, -0.25) is 4.79 Å². The number of rotatable bonds is 10. The summed E-state index contributed by atoms with van der Waals surface area (Å²) < 4.78 is 5.85. The fourth-order valence-corrected chi connectivity index (χ4v) is 7.66. The summed E-state index contributed by atoms with van der Waals surface area (Å²) >= 11 is 0. The number of ether oxygens (including phenoxy) is 1. The van der Waals surface area contributed by atoms with Gasteiger partial charge in [-0.15, -0.1) is 0 Å². The predicted molar refractivity (Wildman–Crippen MR) is 147 cm³/mol. The minimum absolute atomic E-state index is 0.00967. The summed E-state index contributed by atoms with van der Waals surface area (Å²) in [4.78, 5) is 12.9. The SMILES string of the molecule is CCCCCC1CCC(c2ccc(OC(=O)C3CCC(C4CCC(CCC)CC4)CC3)cc2)CC1. The summed E-state index contributed by atoms with van der Waals surface area (Å²) in [6.07, 6.45) is 24.0. The molecule has 2 nitrogen and oxygen atoms in total. The van der Waals surface area contributed by atoms with Gasteiger partial charge in [-0.05, 0) is 111 Å². The van der Waals surface area contributed by atoms with Crippen molar-refractivity contribution in [3.8, 4) is 5.75 Å². The zero-order chi connectivity index (χ0) is 24.5. The summed E-state index contributed by atoms with van der Waals surface area (Å²) in [6, 6.07) is 8.52. The summed E-state index contributed by atoms with van der Waals surface area (Å²) in [5.74, 6) is 5.24. The first-order valence-corrected chi connectivity index (χ1v) is 15.5. The standard InChI is InChI=1S/C33H52O2/c1-3-5-6-8-26-11-15-28(16-12-26)30-21-23-32(24-22-30)35-33(34)31-19-17-29(18-20-31)27-13-9-25(7-4-2)10-14-27/h21-29,31H,3-20H2,1-2H3. The van der Waals surface area contributed by atoms with Crippen LogP contribution in [0, 0.1) is 29.6 Å². The Kier molecular flexibility index (Phi) is 10.6. The van der Waals surface area contributed by atoms with Crippen molar-refractivity contribution in [1.82, 2.24) is 0 Å². The van der Waals surface area contributed by atoms with Crippen LogP contribution in [0.25, 0.3) is 0 Å². The Morgan fingerprint density at radius 1 is 0.686 bits per heavy atom. The first kappa shape index (κ1) is 26.7. The van der Waals surface area contributed by atoms with E-state index in [2.05, 4.69) is 26.0 Å². The molecule has 0 atom stereocenters. The van der Waals surface area contributed by atoms with Gasteiger partial charge in [0.25, 0.3) is 0 Å². The summed E-state index contributed by atoms with van der Waals surface area (Å²) in [7, 11) is 0. The smallest absolute Gasteiger partial charge is 0.314 e. The lowest BCUT2D eigenvalue weighted by molar-refractivity contribution is -0.140. The molecule has 0 N–H and O–H groups in total. The third-order valence-electron chi connectivity index (χ3n) is 9.99. The van der Waals surface area contributed by atoms with Crippen LogP contribution >= 0.6 is 0 Å². The Hall–Kier alpha value is -1.31. The maximum Gasteiger partial charge on any atom is 0.314 e. The molecular formula is C33H52O2. The zero-order valence-corrected chi connectivity index (χ0v) is 22.8. The summed E-state index contributed by atoms with van der Waals surface area (Å²) in [5.41, 5.74) is 1.44. The lowest BCUT2D eigenvalue weighted by Crippen LogP contribution is -2.30. The van der Waals surface area contributed by atoms with Crippen LogP contribution < -0.4 is 4.74 Å². The molecule has 0 aromatic heterocycles. The maximum atomic E-state index is 12.9. The van der Waals surface area contributed by atoms with Crippen LogP contribution in [0.3, 0.4) is 0 Å². The van der Waals surface area contributed by atoms with Crippen LogP contribution in [-0.4, -0.2) is 5.97 Å². The normalized spacial score (nSPS) is 31.7. The van der Waals surface area contributed by atoms with E-state index in [9.17, 15) is 4.79 Å². The molecule has 196 valence electrons. The average Bonchev–Trinajstić information content (AvgIpc) is 2.90. The Labute approximate surface area is 216 Å². The van der Waals surface area contributed by atoms with E-state index < -0.39 is 0 Å². The van der Waals surface area contributed by atoms with Crippen molar-refractivity contribution in [1.29, 1.82) is 0 Å². The van der Waals surface area contributed by atoms with Crippen molar-refractivity contribution in [3.05, 3.63) is 29.8 Å². The van der Waals surface area contributed by atoms with Gasteiger partial charge in [0.05, 0.1) is 5.92 Å². The maximum absolute atomic E-state index is 12.9. The Morgan fingerprint density at radius 3 is 1.86 bits per heavy atom. The van der Waals surface area contributed by atoms with Crippen molar-refractivity contribution in [2.24, 2.45) is 29.6 Å². The minimum atomic E-state index is 0.00967. The Morgan fingerprint density at radius 2 is 1.26 bits per heavy atom. The molecule has 3 aliphatic carbocycles. The molecule has 35 heavy (non-hydrogen) atoms. The van der Waals surface area contributed by atoms with Gasteiger partial charge < -0.3 is 4.74 Å². The van der Waals surface area contributed by atoms with E-state index in [0.717, 1.165) is 42.3 Å². The third kappa shape index (κ3) is 7.83. The van der Waals surface area contributed by atoms with Gasteiger partial charge in [0, 0.05) is 0 Å². The molecule has 0 radical (unpaired) electrons. The molecule has 3 fully saturated rings. The van der Waals surface area contributed by atoms with Crippen LogP contribution in [0.2, 0.25) is 0 Å². The molecule has 4 rings (SSSR count). The highest BCUT2D eigenvalue weighted by molar-refractivity contribution is 5.75. The van der Waals surface area contributed by atoms with Gasteiger partial charge in [-0.25, -0.2) is 0 Å². The van der Waals surface area contributed by atoms with E-state index >= 15 is 0 Å². The van der Waals surface area contributed by atoms with Crippen molar-refractivity contribution < 1.29 is 9.53 Å². The van der Waals surface area contributed by atoms with Crippen LogP contribution in [0.5, 0.6) is 5.75 Å². The van der Waals surface area contributed by atoms with E-state index in [1.807, 2.05) is 12.1 Å². The van der Waals surface area contributed by atoms with Crippen molar-refractivity contribution >= 4 is 5.97 Å². The molecule has 0 saturated heterocycles. The molecule has 3 saturated carbocycles. The van der Waals surface area contributed by atoms with Gasteiger partial charge >= 0.3 is 5.97 Å². The molecule has 0 bridgehead atoms. The lowest BCUT2D eigenvalue weighted by atomic mass is 9.69. The molecule has 1 aromatic carbocycles. The highest BCUT2D eigenvalue weighted by Gasteiger charge is 2.33. The topological polar surface area (TPSA) is 26.3 Å². The molecule has 1 aromatic rings. The van der Waals surface area contributed by atoms with E-state index in [-0.39, 0.29) is 11.9 Å². The number of benzene rings is 1. The number of unbranched alkanes of at least 4 members (excludes halogenated alkanes) is 2. The number of hydrogen-bond donors (Lipinski definition) is 0. The van der Waals surface area contributed by atoms with E-state index in [1.54, 1.807) is 0 Å². The molecule has 0 spiro atoms. The van der Waals surface area contributed by atoms with Crippen molar-refractivity contribution in [2.45, 2.75) is 135 Å². The summed E-state index contributed by atoms with van der Waals surface area (Å²) in [5, 5.41) is 0. The first-order valence-electron chi connectivity index (χ1n) is 15.5. The number of carbonyl (C=O) groups is 1. The van der Waals surface area contributed by atoms with Crippen LogP contribution in [0.4, 0.5) is 0 Å². The van der Waals surface area contributed by atoms with Gasteiger partial charge in [0.1, 0.15) is 5.75 Å². The van der Waals surface area contributed by atoms with Crippen LogP contribution in [0.15, 0.2) is 24.3 Å². The van der Waals surface area contributed by atoms with Gasteiger partial charge in [-0.2, -0.15) is 0 Å². The molecule has 0 aliphatic heterocycles. The highest BCUT2D eigenvalue weighted by atomic mass is 16.5. The minimum Gasteiger partial charge on any atom is -0.426 e. The van der Waals surface area contributed by atoms with Gasteiger partial charge in [0.2, 0.25) is 0 Å². The second kappa shape index (κ2) is 13.8. The molecule has 0 unspecified atom stereocenters. The summed E-state index contributed by atoms with van der Waals surface area (Å²) in [6.45, 7) is 4.62. The second-order valence-electron chi connectivity index (χ2n) is 12.4. The fourth-order valence-electron chi connectivity index (χ4n) is 7.66. The highest BCUT2D eigenvalue weighted by Crippen LogP contribution is 2.43. The lowest BCUT2D eigenvalue weighted by Gasteiger charge is -2.37.